The molecule has 3 heterocycles. The van der Waals surface area contributed by atoms with E-state index in [1.165, 1.54) is 6.42 Å². The smallest absolute Gasteiger partial charge is 0.246 e. The first kappa shape index (κ1) is 24.8. The van der Waals surface area contributed by atoms with Crippen LogP contribution in [-0.4, -0.2) is 73.8 Å². The molecule has 9 nitrogen and oxygen atoms in total. The second-order valence-corrected chi connectivity index (χ2v) is 10.1. The van der Waals surface area contributed by atoms with Gasteiger partial charge >= 0.3 is 0 Å². The maximum Gasteiger partial charge on any atom is 0.246 e. The number of carbonyl (C=O) groups is 3. The third kappa shape index (κ3) is 4.28. The van der Waals surface area contributed by atoms with Crippen LogP contribution in [0.4, 0.5) is 5.69 Å². The van der Waals surface area contributed by atoms with E-state index >= 15 is 0 Å². The van der Waals surface area contributed by atoms with Crippen molar-refractivity contribution in [2.24, 2.45) is 11.8 Å². The molecule has 9 heteroatoms. The van der Waals surface area contributed by atoms with Crippen LogP contribution in [0.1, 0.15) is 38.5 Å². The van der Waals surface area contributed by atoms with E-state index in [0.717, 1.165) is 25.7 Å². The molecule has 1 aliphatic carbocycles. The Morgan fingerprint density at radius 1 is 1.11 bits per heavy atom. The predicted molar refractivity (Wildman–Crippen MR) is 132 cm³/mol. The van der Waals surface area contributed by atoms with E-state index in [1.54, 1.807) is 43.4 Å². The Labute approximate surface area is 211 Å². The van der Waals surface area contributed by atoms with Crippen LogP contribution >= 0.6 is 0 Å². The summed E-state index contributed by atoms with van der Waals surface area (Å²) >= 11 is 0. The van der Waals surface area contributed by atoms with Gasteiger partial charge in [0.15, 0.2) is 0 Å². The molecule has 1 aromatic carbocycles. The van der Waals surface area contributed by atoms with Crippen molar-refractivity contribution in [1.29, 1.82) is 0 Å². The highest BCUT2D eigenvalue weighted by atomic mass is 16.5. The van der Waals surface area contributed by atoms with Crippen LogP contribution in [0.15, 0.2) is 36.4 Å². The number of nitrogens with one attached hydrogen (secondary N) is 2. The number of rotatable bonds is 9. The summed E-state index contributed by atoms with van der Waals surface area (Å²) < 4.78 is 16.8. The van der Waals surface area contributed by atoms with Crippen molar-refractivity contribution in [1.82, 2.24) is 10.2 Å². The third-order valence-corrected chi connectivity index (χ3v) is 7.98. The fourth-order valence-corrected chi connectivity index (χ4v) is 6.31. The molecule has 5 atom stereocenters. The molecule has 3 aliphatic heterocycles. The summed E-state index contributed by atoms with van der Waals surface area (Å²) in [6, 6.07) is 6.33. The number of hydrogen-bond donors (Lipinski definition) is 2. The largest absolute Gasteiger partial charge is 0.497 e. The number of carbonyl (C=O) groups excluding carboxylic acids is 3. The zero-order valence-corrected chi connectivity index (χ0v) is 20.9. The van der Waals surface area contributed by atoms with Crippen LogP contribution in [0.25, 0.3) is 0 Å². The molecule has 1 spiro atoms. The molecule has 2 saturated heterocycles. The Bertz CT molecular complexity index is 1020. The quantitative estimate of drug-likeness (QED) is 0.401. The second kappa shape index (κ2) is 10.2. The molecular formula is C27H35N3O6. The molecule has 36 heavy (non-hydrogen) atoms. The number of anilines is 1. The number of fused-ring (bicyclic) bond motifs is 1. The minimum Gasteiger partial charge on any atom is -0.497 e. The number of methoxy groups -OCH3 is 2. The van der Waals surface area contributed by atoms with Crippen molar-refractivity contribution in [2.45, 2.75) is 62.3 Å². The van der Waals surface area contributed by atoms with E-state index in [9.17, 15) is 14.4 Å². The van der Waals surface area contributed by atoms with Gasteiger partial charge in [-0.25, -0.2) is 0 Å². The first-order chi connectivity index (χ1) is 17.5. The summed E-state index contributed by atoms with van der Waals surface area (Å²) in [5, 5.41) is 6.12. The first-order valence-corrected chi connectivity index (χ1v) is 12.9. The van der Waals surface area contributed by atoms with Crippen LogP contribution < -0.4 is 15.4 Å². The fourth-order valence-electron chi connectivity index (χ4n) is 6.31. The van der Waals surface area contributed by atoms with Gasteiger partial charge in [-0.2, -0.15) is 0 Å². The van der Waals surface area contributed by atoms with Crippen LogP contribution in [-0.2, 0) is 23.9 Å². The summed E-state index contributed by atoms with van der Waals surface area (Å²) in [6.45, 7) is 0.835. The number of likely N-dealkylation sites (tertiary alicyclic amines) is 1. The Balaban J connectivity index is 1.40. The van der Waals surface area contributed by atoms with Gasteiger partial charge in [0.1, 0.15) is 17.4 Å². The zero-order chi connectivity index (χ0) is 25.3. The molecule has 4 aliphatic rings. The molecule has 0 aromatic heterocycles. The summed E-state index contributed by atoms with van der Waals surface area (Å²) in [4.78, 5) is 42.6. The lowest BCUT2D eigenvalue weighted by Gasteiger charge is -2.34. The molecule has 1 saturated carbocycles. The van der Waals surface area contributed by atoms with E-state index in [1.807, 2.05) is 12.2 Å². The van der Waals surface area contributed by atoms with Gasteiger partial charge < -0.3 is 29.7 Å². The monoisotopic (exact) mass is 497 g/mol. The van der Waals surface area contributed by atoms with Crippen LogP contribution in [0.3, 0.4) is 0 Å². The molecule has 1 aromatic rings. The Kier molecular flexibility index (Phi) is 7.03. The van der Waals surface area contributed by atoms with Gasteiger partial charge in [0.2, 0.25) is 17.7 Å². The third-order valence-electron chi connectivity index (χ3n) is 7.98. The van der Waals surface area contributed by atoms with Crippen molar-refractivity contribution in [3.63, 3.8) is 0 Å². The maximum absolute atomic E-state index is 13.8. The number of ether oxygens (including phenoxy) is 3. The molecule has 0 unspecified atom stereocenters. The fraction of sp³-hybridized carbons (Fsp3) is 0.593. The molecule has 2 bridgehead atoms. The van der Waals surface area contributed by atoms with Crippen molar-refractivity contribution in [3.05, 3.63) is 36.4 Å². The van der Waals surface area contributed by atoms with Crippen molar-refractivity contribution in [3.8, 4) is 5.75 Å². The maximum atomic E-state index is 13.8. The molecule has 2 N–H and O–H groups in total. The average Bonchev–Trinajstić information content (AvgIpc) is 3.53. The number of benzene rings is 1. The normalized spacial score (nSPS) is 30.9. The van der Waals surface area contributed by atoms with Gasteiger partial charge in [0.25, 0.3) is 0 Å². The highest BCUT2D eigenvalue weighted by molar-refractivity contribution is 6.02. The average molecular weight is 498 g/mol. The molecule has 5 rings (SSSR count). The van der Waals surface area contributed by atoms with E-state index in [4.69, 9.17) is 14.2 Å². The van der Waals surface area contributed by atoms with Gasteiger partial charge in [0, 0.05) is 32.0 Å². The highest BCUT2D eigenvalue weighted by Gasteiger charge is 2.72. The van der Waals surface area contributed by atoms with Gasteiger partial charge in [-0.1, -0.05) is 31.4 Å². The van der Waals surface area contributed by atoms with Crippen LogP contribution in [0, 0.1) is 11.8 Å². The SMILES string of the molecule is COCCCN1C(=O)[C@H]2[C@@H](C(=O)Nc3ccc(OC)cc3)[C@H]3C=C[C@@]2(O3)[C@@H]1C(=O)NC1CCCCC1. The summed E-state index contributed by atoms with van der Waals surface area (Å²) in [5.74, 6) is -1.49. The molecular weight excluding hydrogens is 462 g/mol. The lowest BCUT2D eigenvalue weighted by atomic mass is 9.74. The van der Waals surface area contributed by atoms with Crippen molar-refractivity contribution in [2.75, 3.05) is 32.7 Å². The second-order valence-electron chi connectivity index (χ2n) is 10.1. The van der Waals surface area contributed by atoms with E-state index in [0.29, 0.717) is 31.0 Å². The zero-order valence-electron chi connectivity index (χ0n) is 20.9. The molecule has 3 amide bonds. The van der Waals surface area contributed by atoms with Crippen LogP contribution in [0.2, 0.25) is 0 Å². The number of amides is 3. The predicted octanol–water partition coefficient (Wildman–Crippen LogP) is 2.27. The lowest BCUT2D eigenvalue weighted by Crippen LogP contribution is -2.56. The summed E-state index contributed by atoms with van der Waals surface area (Å²) in [5.41, 5.74) is -0.536. The molecule has 194 valence electrons. The Hall–Kier alpha value is -2.91. The lowest BCUT2D eigenvalue weighted by molar-refractivity contribution is -0.141. The van der Waals surface area contributed by atoms with Crippen LogP contribution in [0.5, 0.6) is 5.75 Å². The highest BCUT2D eigenvalue weighted by Crippen LogP contribution is 2.55. The Morgan fingerprint density at radius 2 is 1.86 bits per heavy atom. The molecule has 0 radical (unpaired) electrons. The molecule has 3 fully saturated rings. The van der Waals surface area contributed by atoms with E-state index in [-0.39, 0.29) is 23.8 Å². The van der Waals surface area contributed by atoms with E-state index < -0.39 is 29.6 Å². The minimum atomic E-state index is -1.14. The number of hydrogen-bond acceptors (Lipinski definition) is 6. The van der Waals surface area contributed by atoms with Crippen molar-refractivity contribution >= 4 is 23.4 Å². The topological polar surface area (TPSA) is 106 Å². The van der Waals surface area contributed by atoms with Gasteiger partial charge in [-0.05, 0) is 43.5 Å². The van der Waals surface area contributed by atoms with Crippen molar-refractivity contribution < 1.29 is 28.6 Å². The van der Waals surface area contributed by atoms with Gasteiger partial charge in [-0.3, -0.25) is 14.4 Å². The Morgan fingerprint density at radius 3 is 2.56 bits per heavy atom. The van der Waals surface area contributed by atoms with Gasteiger partial charge in [0.05, 0.1) is 25.0 Å². The van der Waals surface area contributed by atoms with E-state index in [2.05, 4.69) is 10.6 Å². The van der Waals surface area contributed by atoms with Gasteiger partial charge in [-0.15, -0.1) is 0 Å². The standard InChI is InChI=1S/C27H35N3O6/c1-34-16-6-15-30-23(25(32)29-17-7-4-3-5-8-17)27-14-13-20(36-27)21(22(27)26(30)33)24(31)28-18-9-11-19(35-2)12-10-18/h9-14,17,20-23H,3-8,15-16H2,1-2H3,(H,28,31)(H,29,32)/t20-,21+,22-,23+,27+/m1/s1. The summed E-state index contributed by atoms with van der Waals surface area (Å²) in [6.07, 6.45) is 8.97. The first-order valence-electron chi connectivity index (χ1n) is 12.9. The summed E-state index contributed by atoms with van der Waals surface area (Å²) in [7, 11) is 3.19. The minimum absolute atomic E-state index is 0.106. The number of nitrogens with zero attached hydrogens (tertiary/aromatic N) is 1.